The smallest absolute Gasteiger partial charge is 0.329 e. The minimum Gasteiger partial charge on any atom is -0.456 e. The van der Waals surface area contributed by atoms with Crippen LogP contribution in [0.25, 0.3) is 0 Å². The number of nitrogens with zero attached hydrogens (tertiary/aromatic N) is 1. The molecule has 2 N–H and O–H groups in total. The molecule has 63 heavy (non-hydrogen) atoms. The van der Waals surface area contributed by atoms with Crippen molar-refractivity contribution in [1.29, 1.82) is 0 Å². The van der Waals surface area contributed by atoms with Gasteiger partial charge in [-0.15, -0.1) is 0 Å². The summed E-state index contributed by atoms with van der Waals surface area (Å²) in [6, 6.07) is -1.21. The van der Waals surface area contributed by atoms with E-state index in [0.717, 1.165) is 4.90 Å². The number of amides is 1. The lowest BCUT2D eigenvalue weighted by Crippen LogP contribution is -2.64. The lowest BCUT2D eigenvalue weighted by atomic mass is 9.78. The highest BCUT2D eigenvalue weighted by molar-refractivity contribution is 6.39. The van der Waals surface area contributed by atoms with Crippen LogP contribution in [0.4, 0.5) is 4.39 Å². The number of fused-ring (bicyclic) bond motifs is 3. The topological polar surface area (TPSA) is 194 Å². The molecular formula is C47H74FNO14. The summed E-state index contributed by atoms with van der Waals surface area (Å²) in [5, 5.41) is 23.8. The molecule has 0 aromatic heterocycles. The fourth-order valence-corrected chi connectivity index (χ4v) is 9.88. The molecular weight excluding hydrogens is 822 g/mol. The zero-order valence-corrected chi connectivity index (χ0v) is 39.0. The summed E-state index contributed by atoms with van der Waals surface area (Å²) in [5.41, 5.74) is 0.892. The Labute approximate surface area is 372 Å². The monoisotopic (exact) mass is 896 g/mol. The van der Waals surface area contributed by atoms with Gasteiger partial charge in [-0.2, -0.15) is 0 Å². The average Bonchev–Trinajstić information content (AvgIpc) is 3.28. The molecule has 15 unspecified atom stereocenters. The Balaban J connectivity index is 1.75. The highest BCUT2D eigenvalue weighted by Crippen LogP contribution is 2.40. The molecule has 15 atom stereocenters. The normalized spacial score (nSPS) is 39.3. The van der Waals surface area contributed by atoms with Crippen molar-refractivity contribution in [2.75, 3.05) is 41.3 Å². The molecule has 2 bridgehead atoms. The Hall–Kier alpha value is -3.12. The van der Waals surface area contributed by atoms with Gasteiger partial charge in [-0.1, -0.05) is 39.8 Å². The number of carbonyl (C=O) groups excluding carboxylic acids is 5. The van der Waals surface area contributed by atoms with Crippen molar-refractivity contribution >= 4 is 29.4 Å². The third-order valence-corrected chi connectivity index (χ3v) is 13.9. The highest BCUT2D eigenvalue weighted by Gasteiger charge is 2.57. The molecule has 1 aliphatic carbocycles. The number of allylic oxidation sites excluding steroid dienone is 3. The molecule has 358 valence electrons. The minimum atomic E-state index is -2.62. The number of cyclic esters (lactones) is 1. The van der Waals surface area contributed by atoms with Gasteiger partial charge >= 0.3 is 11.9 Å². The fourth-order valence-electron chi connectivity index (χ4n) is 9.88. The van der Waals surface area contributed by atoms with Gasteiger partial charge in [0, 0.05) is 58.7 Å². The van der Waals surface area contributed by atoms with Crippen molar-refractivity contribution in [3.8, 4) is 0 Å². The van der Waals surface area contributed by atoms with Crippen LogP contribution in [0.2, 0.25) is 0 Å². The number of ketones is 2. The van der Waals surface area contributed by atoms with Crippen LogP contribution < -0.4 is 0 Å². The number of hydrogen-bond donors (Lipinski definition) is 2. The zero-order chi connectivity index (χ0) is 46.8. The SMILES string of the molecule is CCOCOC(=O)C1CCC(C=C(C)C2OC(=O)C3CCCCN3C(=O)C(=O)C3(O)OC(C(OC)CC(C)C(F)/C(C)=C/C(CC)C(=O)CC(O)C2C)C(OC)CC3C)CC1OC. The largest absolute Gasteiger partial charge is 0.456 e. The Kier molecular flexibility index (Phi) is 19.9. The van der Waals surface area contributed by atoms with Crippen molar-refractivity contribution in [3.05, 3.63) is 23.3 Å². The van der Waals surface area contributed by atoms with Crippen LogP contribution in [0.15, 0.2) is 23.3 Å². The van der Waals surface area contributed by atoms with Crippen LogP contribution in [0.5, 0.6) is 0 Å². The Morgan fingerprint density at radius 2 is 1.63 bits per heavy atom. The molecule has 1 amide bonds. The molecule has 3 heterocycles. The first kappa shape index (κ1) is 52.5. The summed E-state index contributed by atoms with van der Waals surface area (Å²) in [6.45, 7) is 12.2. The van der Waals surface area contributed by atoms with Crippen molar-refractivity contribution in [2.24, 2.45) is 35.5 Å². The standard InChI is InChI=1S/C47H74FNO14/c1-11-32-20-26(3)40(48)27(4)21-38(58-9)42-39(59-10)22-29(6)47(56,63-42)43(52)44(53)49-18-14-13-15-34(49)46(55)62-41(30(7)35(50)24-36(32)51)28(5)19-31-16-17-33(37(23-31)57-8)45(54)61-25-60-12-2/h19-20,27,29-35,37-42,50,56H,11-18,21-25H2,1-10H3/b26-20+,28-19?. The first-order valence-electron chi connectivity index (χ1n) is 22.9. The molecule has 15 nitrogen and oxygen atoms in total. The van der Waals surface area contributed by atoms with Crippen molar-refractivity contribution < 1.29 is 71.7 Å². The van der Waals surface area contributed by atoms with E-state index >= 15 is 4.39 Å². The Bertz CT molecular complexity index is 1640. The van der Waals surface area contributed by atoms with Gasteiger partial charge in [0.2, 0.25) is 5.79 Å². The number of piperidine rings is 1. The summed E-state index contributed by atoms with van der Waals surface area (Å²) in [6.07, 6.45) is -0.593. The van der Waals surface area contributed by atoms with E-state index in [1.807, 2.05) is 13.0 Å². The third kappa shape index (κ3) is 12.6. The summed E-state index contributed by atoms with van der Waals surface area (Å²) < 4.78 is 56.5. The van der Waals surface area contributed by atoms with Gasteiger partial charge < -0.3 is 48.3 Å². The number of rotatable bonds is 10. The summed E-state index contributed by atoms with van der Waals surface area (Å²) in [5.74, 6) is -10.3. The van der Waals surface area contributed by atoms with Crippen LogP contribution in [0.3, 0.4) is 0 Å². The van der Waals surface area contributed by atoms with Gasteiger partial charge in [0.05, 0.1) is 30.3 Å². The Morgan fingerprint density at radius 3 is 2.27 bits per heavy atom. The average molecular weight is 896 g/mol. The van der Waals surface area contributed by atoms with Gasteiger partial charge in [0.15, 0.2) is 6.79 Å². The Morgan fingerprint density at radius 1 is 0.968 bits per heavy atom. The van der Waals surface area contributed by atoms with Gasteiger partial charge in [0.25, 0.3) is 11.7 Å². The molecule has 3 fully saturated rings. The quantitative estimate of drug-likeness (QED) is 0.0954. The van der Waals surface area contributed by atoms with E-state index in [1.165, 1.54) is 21.3 Å². The number of halogens is 1. The number of aliphatic hydroxyl groups excluding tert-OH is 1. The van der Waals surface area contributed by atoms with Crippen molar-refractivity contribution in [3.63, 3.8) is 0 Å². The lowest BCUT2D eigenvalue weighted by molar-refractivity contribution is -0.302. The fraction of sp³-hybridized carbons (Fsp3) is 0.809. The van der Waals surface area contributed by atoms with Gasteiger partial charge in [-0.25, -0.2) is 9.18 Å². The van der Waals surface area contributed by atoms with E-state index in [-0.39, 0.29) is 50.7 Å². The van der Waals surface area contributed by atoms with E-state index in [4.69, 9.17) is 33.2 Å². The van der Waals surface area contributed by atoms with Crippen LogP contribution >= 0.6 is 0 Å². The second kappa shape index (κ2) is 23.9. The van der Waals surface area contributed by atoms with E-state index in [2.05, 4.69) is 0 Å². The van der Waals surface area contributed by atoms with Crippen LogP contribution in [0, 0.1) is 35.5 Å². The minimum absolute atomic E-state index is 0.0284. The number of Topliss-reactive ketones (excluding diaryl/α,β-unsaturated/α-hetero) is 2. The lowest BCUT2D eigenvalue weighted by Gasteiger charge is -2.47. The number of esters is 2. The molecule has 1 saturated carbocycles. The summed E-state index contributed by atoms with van der Waals surface area (Å²) >= 11 is 0. The maximum absolute atomic E-state index is 16.3. The van der Waals surface area contributed by atoms with Crippen LogP contribution in [-0.4, -0.2) is 140 Å². The number of ether oxygens (including phenoxy) is 7. The highest BCUT2D eigenvalue weighted by atomic mass is 19.1. The number of hydrogen-bond acceptors (Lipinski definition) is 14. The molecule has 0 aromatic rings. The maximum atomic E-state index is 16.3. The zero-order valence-electron chi connectivity index (χ0n) is 39.0. The second-order valence-corrected chi connectivity index (χ2v) is 18.2. The van der Waals surface area contributed by atoms with Crippen molar-refractivity contribution in [1.82, 2.24) is 4.90 Å². The van der Waals surface area contributed by atoms with E-state index in [1.54, 1.807) is 47.6 Å². The van der Waals surface area contributed by atoms with E-state index in [0.29, 0.717) is 56.3 Å². The predicted octanol–water partition coefficient (Wildman–Crippen LogP) is 5.21. The molecule has 0 radical (unpaired) electrons. The molecule has 0 aromatic carbocycles. The van der Waals surface area contributed by atoms with Crippen LogP contribution in [0.1, 0.15) is 113 Å². The summed E-state index contributed by atoms with van der Waals surface area (Å²) in [7, 11) is 4.39. The third-order valence-electron chi connectivity index (χ3n) is 13.9. The first-order valence-corrected chi connectivity index (χ1v) is 22.9. The van der Waals surface area contributed by atoms with Gasteiger partial charge in [-0.3, -0.25) is 19.2 Å². The molecule has 16 heteroatoms. The summed E-state index contributed by atoms with van der Waals surface area (Å²) in [4.78, 5) is 70.9. The van der Waals surface area contributed by atoms with Gasteiger partial charge in [-0.05, 0) is 102 Å². The number of alkyl halides is 1. The predicted molar refractivity (Wildman–Crippen MR) is 228 cm³/mol. The molecule has 2 saturated heterocycles. The van der Waals surface area contributed by atoms with E-state index in [9.17, 15) is 34.2 Å². The second-order valence-electron chi connectivity index (χ2n) is 18.2. The van der Waals surface area contributed by atoms with Crippen molar-refractivity contribution in [2.45, 2.75) is 167 Å². The van der Waals surface area contributed by atoms with Gasteiger partial charge in [0.1, 0.15) is 30.2 Å². The number of methoxy groups -OCH3 is 3. The first-order chi connectivity index (χ1) is 29.9. The molecule has 3 aliphatic heterocycles. The number of aliphatic hydroxyl groups is 2. The van der Waals surface area contributed by atoms with E-state index < -0.39 is 108 Å². The maximum Gasteiger partial charge on any atom is 0.329 e. The number of carbonyl (C=O) groups is 5. The molecule has 0 spiro atoms. The van der Waals surface area contributed by atoms with Crippen LogP contribution in [-0.2, 0) is 57.1 Å². The molecule has 4 rings (SSSR count). The molecule has 4 aliphatic rings.